The van der Waals surface area contributed by atoms with Crippen molar-refractivity contribution in [3.8, 4) is 11.5 Å². The lowest BCUT2D eigenvalue weighted by Gasteiger charge is -2.43. The summed E-state index contributed by atoms with van der Waals surface area (Å²) in [7, 11) is 2.40. The zero-order valence-electron chi connectivity index (χ0n) is 34.3. The number of fused-ring (bicyclic) bond motifs is 2. The van der Waals surface area contributed by atoms with Gasteiger partial charge in [-0.1, -0.05) is 93.6 Å². The van der Waals surface area contributed by atoms with Crippen LogP contribution in [0.3, 0.4) is 0 Å². The zero-order chi connectivity index (χ0) is 41.3. The molecule has 58 heavy (non-hydrogen) atoms. The van der Waals surface area contributed by atoms with Crippen molar-refractivity contribution in [3.05, 3.63) is 154 Å². The summed E-state index contributed by atoms with van der Waals surface area (Å²) in [5.74, 6) is 1.17. The van der Waals surface area contributed by atoms with Crippen LogP contribution in [-0.2, 0) is 24.3 Å². The minimum Gasteiger partial charge on any atom is -0.497 e. The molecule has 3 heterocycles. The fourth-order valence-electron chi connectivity index (χ4n) is 7.63. The van der Waals surface area contributed by atoms with Gasteiger partial charge in [-0.15, -0.1) is 0 Å². The molecule has 1 amide bonds. The van der Waals surface area contributed by atoms with Crippen molar-refractivity contribution in [1.29, 1.82) is 0 Å². The number of benzene rings is 4. The Balaban J connectivity index is 1.33. The van der Waals surface area contributed by atoms with E-state index >= 15 is 0 Å². The van der Waals surface area contributed by atoms with Gasteiger partial charge in [0.2, 0.25) is 0 Å². The minimum atomic E-state index is -2.49. The van der Waals surface area contributed by atoms with Crippen LogP contribution in [0.15, 0.2) is 126 Å². The second kappa shape index (κ2) is 16.2. The molecule has 12 nitrogen and oxygen atoms in total. The number of amides is 1. The number of nitrogens with zero attached hydrogens (tertiary/aromatic N) is 3. The fraction of sp³-hybridized carbons (Fsp3) is 0.356. The first-order valence-electron chi connectivity index (χ1n) is 19.4. The van der Waals surface area contributed by atoms with E-state index in [9.17, 15) is 9.59 Å². The Morgan fingerprint density at radius 2 is 1.38 bits per heavy atom. The molecule has 304 valence electrons. The van der Waals surface area contributed by atoms with Crippen LogP contribution in [0.25, 0.3) is 0 Å². The summed E-state index contributed by atoms with van der Waals surface area (Å²) in [5.41, 5.74) is 0.197. The molecule has 2 fully saturated rings. The Labute approximate surface area is 340 Å². The van der Waals surface area contributed by atoms with E-state index in [0.717, 1.165) is 16.7 Å². The Kier molecular flexibility index (Phi) is 11.5. The van der Waals surface area contributed by atoms with Crippen molar-refractivity contribution in [2.24, 2.45) is 0 Å². The largest absolute Gasteiger partial charge is 0.497 e. The van der Waals surface area contributed by atoms with Crippen LogP contribution in [-0.4, -0.2) is 81.1 Å². The molecule has 2 bridgehead atoms. The Hall–Kier alpha value is -5.15. The quantitative estimate of drug-likeness (QED) is 0.0897. The van der Waals surface area contributed by atoms with Crippen molar-refractivity contribution < 1.29 is 33.0 Å². The van der Waals surface area contributed by atoms with Gasteiger partial charge in [0.05, 0.1) is 34.5 Å². The van der Waals surface area contributed by atoms with Gasteiger partial charge in [0.15, 0.2) is 14.5 Å². The molecule has 0 unspecified atom stereocenters. The van der Waals surface area contributed by atoms with E-state index in [-0.39, 0.29) is 23.4 Å². The maximum Gasteiger partial charge on any atom is 0.351 e. The predicted molar refractivity (Wildman–Crippen MR) is 224 cm³/mol. The van der Waals surface area contributed by atoms with E-state index in [1.165, 1.54) is 4.57 Å². The van der Waals surface area contributed by atoms with E-state index in [4.69, 9.17) is 28.2 Å². The lowest BCUT2D eigenvalue weighted by molar-refractivity contribution is -0.247. The van der Waals surface area contributed by atoms with Crippen LogP contribution < -0.4 is 20.5 Å². The van der Waals surface area contributed by atoms with Crippen LogP contribution in [0.2, 0.25) is 18.1 Å². The van der Waals surface area contributed by atoms with Crippen molar-refractivity contribution in [1.82, 2.24) is 14.6 Å². The molecule has 0 saturated carbocycles. The molecular formula is C45H52N4O8Si. The van der Waals surface area contributed by atoms with Gasteiger partial charge >= 0.3 is 5.69 Å². The van der Waals surface area contributed by atoms with Crippen molar-refractivity contribution in [2.45, 2.75) is 68.5 Å². The number of rotatable bonds is 14. The average molecular weight is 805 g/mol. The summed E-state index contributed by atoms with van der Waals surface area (Å²) < 4.78 is 34.5. The summed E-state index contributed by atoms with van der Waals surface area (Å²) in [4.78, 5) is 37.2. The third kappa shape index (κ3) is 7.61. The van der Waals surface area contributed by atoms with E-state index in [0.29, 0.717) is 23.6 Å². The number of hydroxylamine groups is 2. The van der Waals surface area contributed by atoms with Crippen LogP contribution in [0.5, 0.6) is 11.5 Å². The van der Waals surface area contributed by atoms with E-state index < -0.39 is 43.6 Å². The molecule has 2 aliphatic rings. The number of nitrogens with one attached hydrogen (secondary N) is 1. The van der Waals surface area contributed by atoms with Crippen LogP contribution in [0.1, 0.15) is 54.0 Å². The average Bonchev–Trinajstić information content (AvgIpc) is 3.69. The van der Waals surface area contributed by atoms with Crippen molar-refractivity contribution in [2.75, 3.05) is 39.8 Å². The molecule has 13 heteroatoms. The van der Waals surface area contributed by atoms with E-state index in [1.54, 1.807) is 57.9 Å². The lowest BCUT2D eigenvalue weighted by atomic mass is 9.79. The summed E-state index contributed by atoms with van der Waals surface area (Å²) in [6.07, 6.45) is 0.137. The molecule has 2 saturated heterocycles. The van der Waals surface area contributed by atoms with Gasteiger partial charge in [-0.3, -0.25) is 9.36 Å². The van der Waals surface area contributed by atoms with Gasteiger partial charge in [-0.05, 0) is 77.3 Å². The number of methoxy groups -OCH3 is 2. The Morgan fingerprint density at radius 3 is 1.90 bits per heavy atom. The van der Waals surface area contributed by atoms with Gasteiger partial charge in [-0.2, -0.15) is 10.0 Å². The number of aromatic nitrogens is 2. The number of morpholine rings is 1. The summed E-state index contributed by atoms with van der Waals surface area (Å²) in [5, 5.41) is 4.42. The van der Waals surface area contributed by atoms with Crippen LogP contribution >= 0.6 is 0 Å². The molecule has 0 spiro atoms. The van der Waals surface area contributed by atoms with Crippen LogP contribution in [0, 0.1) is 0 Å². The first kappa shape index (κ1) is 41.0. The van der Waals surface area contributed by atoms with Gasteiger partial charge in [0.25, 0.3) is 5.91 Å². The maximum atomic E-state index is 13.9. The SMILES string of the molecule is COc1ccc(C(OC[C@@]23CN(OC)[C@@H]([C@H](n4ccc(NC(=O)c5ccccc5)nc4=O)O2)[C@@H]3O[Si](C)(C)C(C)(C)C)(c2ccccc2)c2ccc(OC)cc2)cc1. The second-order valence-corrected chi connectivity index (χ2v) is 21.0. The van der Waals surface area contributed by atoms with E-state index in [2.05, 4.69) is 56.3 Å². The minimum absolute atomic E-state index is 0.0412. The van der Waals surface area contributed by atoms with Crippen molar-refractivity contribution >= 4 is 20.0 Å². The lowest BCUT2D eigenvalue weighted by Crippen LogP contribution is -2.54. The van der Waals surface area contributed by atoms with E-state index in [1.807, 2.05) is 77.9 Å². The molecule has 0 aliphatic carbocycles. The molecule has 0 radical (unpaired) electrons. The Bertz CT molecular complexity index is 2200. The maximum absolute atomic E-state index is 13.9. The molecule has 2 aliphatic heterocycles. The predicted octanol–water partition coefficient (Wildman–Crippen LogP) is 7.43. The normalized spacial score (nSPS) is 20.9. The van der Waals surface area contributed by atoms with Crippen LogP contribution in [0.4, 0.5) is 5.82 Å². The first-order valence-corrected chi connectivity index (χ1v) is 22.3. The third-order valence-electron chi connectivity index (χ3n) is 11.8. The highest BCUT2D eigenvalue weighted by molar-refractivity contribution is 6.74. The molecule has 4 atom stereocenters. The third-order valence-corrected chi connectivity index (χ3v) is 16.2. The number of carbonyl (C=O) groups is 1. The second-order valence-electron chi connectivity index (χ2n) is 16.2. The molecule has 4 aromatic carbocycles. The summed E-state index contributed by atoms with van der Waals surface area (Å²) in [6, 6.07) is 35.6. The molecule has 1 N–H and O–H groups in total. The highest BCUT2D eigenvalue weighted by atomic mass is 28.4. The first-order chi connectivity index (χ1) is 27.7. The smallest absolute Gasteiger partial charge is 0.351 e. The number of hydrogen-bond donors (Lipinski definition) is 1. The van der Waals surface area contributed by atoms with Gasteiger partial charge in [0.1, 0.15) is 40.7 Å². The molecular weight excluding hydrogens is 753 g/mol. The molecule has 1 aromatic heterocycles. The van der Waals surface area contributed by atoms with Crippen molar-refractivity contribution in [3.63, 3.8) is 0 Å². The number of ether oxygens (including phenoxy) is 4. The topological polar surface area (TPSA) is 123 Å². The van der Waals surface area contributed by atoms with Gasteiger partial charge in [-0.25, -0.2) is 4.79 Å². The highest BCUT2D eigenvalue weighted by Crippen LogP contribution is 2.52. The number of carbonyl (C=O) groups excluding carboxylic acids is 1. The highest BCUT2D eigenvalue weighted by Gasteiger charge is 2.68. The molecule has 5 aromatic rings. The number of anilines is 1. The van der Waals surface area contributed by atoms with Gasteiger partial charge in [0, 0.05) is 11.8 Å². The monoisotopic (exact) mass is 804 g/mol. The molecule has 7 rings (SSSR count). The zero-order valence-corrected chi connectivity index (χ0v) is 35.3. The standard InChI is InChI=1S/C45H52N4O8Si/c1-43(2,3)58(7,8)57-39-38-41(48-28-27-37(47-42(48)51)46-40(50)31-15-11-9-12-16-31)56-44(39,29-49(38)54-6)30-55-45(32-17-13-10-14-18-32,33-19-23-35(52-4)24-20-33)34-21-25-36(53-5)26-22-34/h9-28,38-39,41H,29-30H2,1-8H3,(H,46,47,50,51)/t38-,39+,41-,44-/m1/s1. The Morgan fingerprint density at radius 1 is 0.828 bits per heavy atom. The summed E-state index contributed by atoms with van der Waals surface area (Å²) in [6.45, 7) is 11.3. The number of hydrogen-bond acceptors (Lipinski definition) is 10. The summed E-state index contributed by atoms with van der Waals surface area (Å²) >= 11 is 0. The fourth-order valence-corrected chi connectivity index (χ4v) is 8.97. The van der Waals surface area contributed by atoms with Gasteiger partial charge < -0.3 is 33.5 Å².